The van der Waals surface area contributed by atoms with E-state index in [1.807, 2.05) is 6.92 Å². The Morgan fingerprint density at radius 1 is 1.35 bits per heavy atom. The van der Waals surface area contributed by atoms with Crippen molar-refractivity contribution in [2.75, 3.05) is 6.54 Å². The summed E-state index contributed by atoms with van der Waals surface area (Å²) in [5, 5.41) is 9.18. The van der Waals surface area contributed by atoms with Crippen LogP contribution in [-0.4, -0.2) is 30.4 Å². The number of sulfonamides is 1. The van der Waals surface area contributed by atoms with E-state index < -0.39 is 10.0 Å². The van der Waals surface area contributed by atoms with E-state index in [1.54, 1.807) is 4.31 Å². The van der Waals surface area contributed by atoms with Crippen molar-refractivity contribution in [3.8, 4) is 5.75 Å². The lowest BCUT2D eigenvalue weighted by Crippen LogP contribution is -2.35. The van der Waals surface area contributed by atoms with Crippen molar-refractivity contribution < 1.29 is 13.5 Å². The summed E-state index contributed by atoms with van der Waals surface area (Å²) in [5.41, 5.74) is 0. The fourth-order valence-corrected chi connectivity index (χ4v) is 4.05. The molecular formula is C12H17NO3S. The van der Waals surface area contributed by atoms with Gasteiger partial charge in [0.05, 0.1) is 4.90 Å². The number of phenols is 1. The summed E-state index contributed by atoms with van der Waals surface area (Å²) in [7, 11) is -3.39. The lowest BCUT2D eigenvalue weighted by molar-refractivity contribution is 0.379. The molecule has 1 aromatic rings. The van der Waals surface area contributed by atoms with Crippen LogP contribution >= 0.6 is 0 Å². The third kappa shape index (κ3) is 2.30. The second kappa shape index (κ2) is 4.66. The fraction of sp³-hybridized carbons (Fsp3) is 0.500. The third-order valence-corrected chi connectivity index (χ3v) is 5.20. The average Bonchev–Trinajstić information content (AvgIpc) is 2.78. The Morgan fingerprint density at radius 2 is 2.00 bits per heavy atom. The fourth-order valence-electron chi connectivity index (χ4n) is 2.29. The van der Waals surface area contributed by atoms with E-state index in [1.165, 1.54) is 24.3 Å². The van der Waals surface area contributed by atoms with Crippen LogP contribution in [0.3, 0.4) is 0 Å². The molecule has 1 atom stereocenters. The van der Waals surface area contributed by atoms with E-state index in [0.29, 0.717) is 6.54 Å². The van der Waals surface area contributed by atoms with E-state index in [0.717, 1.165) is 19.3 Å². The number of nitrogens with zero attached hydrogens (tertiary/aromatic N) is 1. The quantitative estimate of drug-likeness (QED) is 0.898. The predicted octanol–water partition coefficient (Wildman–Crippen LogP) is 1.96. The molecular weight excluding hydrogens is 238 g/mol. The van der Waals surface area contributed by atoms with Crippen LogP contribution in [0.2, 0.25) is 0 Å². The van der Waals surface area contributed by atoms with Crippen molar-refractivity contribution in [1.82, 2.24) is 4.31 Å². The molecule has 1 aliphatic rings. The van der Waals surface area contributed by atoms with Crippen molar-refractivity contribution in [2.45, 2.75) is 37.1 Å². The average molecular weight is 255 g/mol. The van der Waals surface area contributed by atoms with E-state index in [-0.39, 0.29) is 16.7 Å². The molecule has 1 saturated heterocycles. The first-order chi connectivity index (χ1) is 8.05. The van der Waals surface area contributed by atoms with Crippen LogP contribution in [0.15, 0.2) is 29.2 Å². The zero-order chi connectivity index (χ0) is 12.5. The van der Waals surface area contributed by atoms with Crippen LogP contribution < -0.4 is 0 Å². The smallest absolute Gasteiger partial charge is 0.243 e. The topological polar surface area (TPSA) is 57.6 Å². The molecule has 1 fully saturated rings. The second-order valence-electron chi connectivity index (χ2n) is 4.31. The maximum absolute atomic E-state index is 12.4. The zero-order valence-electron chi connectivity index (χ0n) is 9.83. The summed E-state index contributed by atoms with van der Waals surface area (Å²) in [5.74, 6) is 0.0809. The SMILES string of the molecule is CCC1CCCN1S(=O)(=O)c1ccc(O)cc1. The van der Waals surface area contributed by atoms with Gasteiger partial charge in [0.25, 0.3) is 0 Å². The van der Waals surface area contributed by atoms with Gasteiger partial charge in [-0.25, -0.2) is 8.42 Å². The van der Waals surface area contributed by atoms with Crippen molar-refractivity contribution in [2.24, 2.45) is 0 Å². The molecule has 0 amide bonds. The van der Waals surface area contributed by atoms with Gasteiger partial charge in [0.1, 0.15) is 5.75 Å². The van der Waals surface area contributed by atoms with Crippen LogP contribution in [0, 0.1) is 0 Å². The summed E-state index contributed by atoms with van der Waals surface area (Å²) >= 11 is 0. The summed E-state index contributed by atoms with van der Waals surface area (Å²) in [6, 6.07) is 5.84. The van der Waals surface area contributed by atoms with Crippen LogP contribution in [0.1, 0.15) is 26.2 Å². The Balaban J connectivity index is 2.33. The summed E-state index contributed by atoms with van der Waals surface area (Å²) in [6.45, 7) is 2.61. The molecule has 1 heterocycles. The van der Waals surface area contributed by atoms with Gasteiger partial charge < -0.3 is 5.11 Å². The monoisotopic (exact) mass is 255 g/mol. The number of phenolic OH excluding ortho intramolecular Hbond substituents is 1. The van der Waals surface area contributed by atoms with Gasteiger partial charge in [-0.2, -0.15) is 4.31 Å². The van der Waals surface area contributed by atoms with Gasteiger partial charge in [0.2, 0.25) is 10.0 Å². The van der Waals surface area contributed by atoms with Gasteiger partial charge in [0.15, 0.2) is 0 Å². The molecule has 0 aromatic heterocycles. The molecule has 1 aliphatic heterocycles. The number of rotatable bonds is 3. The van der Waals surface area contributed by atoms with Gasteiger partial charge in [-0.3, -0.25) is 0 Å². The standard InChI is InChI=1S/C12H17NO3S/c1-2-10-4-3-9-13(10)17(15,16)12-7-5-11(14)6-8-12/h5-8,10,14H,2-4,9H2,1H3. The largest absolute Gasteiger partial charge is 0.508 e. The minimum atomic E-state index is -3.39. The second-order valence-corrected chi connectivity index (χ2v) is 6.20. The van der Waals surface area contributed by atoms with Gasteiger partial charge in [0, 0.05) is 12.6 Å². The molecule has 1 unspecified atom stereocenters. The Kier molecular flexibility index (Phi) is 3.40. The Bertz CT molecular complexity index is 481. The maximum Gasteiger partial charge on any atom is 0.243 e. The minimum absolute atomic E-state index is 0.0809. The van der Waals surface area contributed by atoms with Crippen molar-refractivity contribution >= 4 is 10.0 Å². The first-order valence-corrected chi connectivity index (χ1v) is 7.30. The molecule has 0 bridgehead atoms. The summed E-state index contributed by atoms with van der Waals surface area (Å²) in [4.78, 5) is 0.260. The molecule has 17 heavy (non-hydrogen) atoms. The highest BCUT2D eigenvalue weighted by molar-refractivity contribution is 7.89. The number of aromatic hydroxyl groups is 1. The van der Waals surface area contributed by atoms with Crippen LogP contribution in [0.4, 0.5) is 0 Å². The number of benzene rings is 1. The molecule has 4 nitrogen and oxygen atoms in total. The van der Waals surface area contributed by atoms with Crippen LogP contribution in [-0.2, 0) is 10.0 Å². The molecule has 0 saturated carbocycles. The molecule has 0 aliphatic carbocycles. The van der Waals surface area contributed by atoms with E-state index in [9.17, 15) is 13.5 Å². The highest BCUT2D eigenvalue weighted by atomic mass is 32.2. The first-order valence-electron chi connectivity index (χ1n) is 5.86. The summed E-state index contributed by atoms with van der Waals surface area (Å²) < 4.78 is 26.3. The Labute approximate surface area is 102 Å². The Morgan fingerprint density at radius 3 is 2.59 bits per heavy atom. The van der Waals surface area contributed by atoms with Crippen LogP contribution in [0.25, 0.3) is 0 Å². The molecule has 5 heteroatoms. The van der Waals surface area contributed by atoms with Crippen LogP contribution in [0.5, 0.6) is 5.75 Å². The number of hydrogen-bond donors (Lipinski definition) is 1. The third-order valence-electron chi connectivity index (χ3n) is 3.24. The molecule has 1 aromatic carbocycles. The maximum atomic E-state index is 12.4. The number of hydrogen-bond acceptors (Lipinski definition) is 3. The lowest BCUT2D eigenvalue weighted by Gasteiger charge is -2.22. The van der Waals surface area contributed by atoms with E-state index in [2.05, 4.69) is 0 Å². The Hall–Kier alpha value is -1.07. The van der Waals surface area contributed by atoms with Gasteiger partial charge in [-0.1, -0.05) is 6.92 Å². The summed E-state index contributed by atoms with van der Waals surface area (Å²) in [6.07, 6.45) is 2.71. The first kappa shape index (κ1) is 12.4. The molecule has 0 radical (unpaired) electrons. The van der Waals surface area contributed by atoms with E-state index >= 15 is 0 Å². The van der Waals surface area contributed by atoms with Gasteiger partial charge in [-0.05, 0) is 43.5 Å². The van der Waals surface area contributed by atoms with E-state index in [4.69, 9.17) is 0 Å². The van der Waals surface area contributed by atoms with Gasteiger partial charge in [-0.15, -0.1) is 0 Å². The molecule has 0 spiro atoms. The highest BCUT2D eigenvalue weighted by Gasteiger charge is 2.33. The normalized spacial score (nSPS) is 21.8. The van der Waals surface area contributed by atoms with Gasteiger partial charge >= 0.3 is 0 Å². The molecule has 1 N–H and O–H groups in total. The van der Waals surface area contributed by atoms with Crippen molar-refractivity contribution in [3.05, 3.63) is 24.3 Å². The zero-order valence-corrected chi connectivity index (χ0v) is 10.7. The van der Waals surface area contributed by atoms with Crippen molar-refractivity contribution in [3.63, 3.8) is 0 Å². The lowest BCUT2D eigenvalue weighted by atomic mass is 10.2. The highest BCUT2D eigenvalue weighted by Crippen LogP contribution is 2.28. The predicted molar refractivity (Wildman–Crippen MR) is 65.3 cm³/mol. The van der Waals surface area contributed by atoms with Crippen molar-refractivity contribution in [1.29, 1.82) is 0 Å². The minimum Gasteiger partial charge on any atom is -0.508 e. The molecule has 2 rings (SSSR count). The molecule has 94 valence electrons.